The summed E-state index contributed by atoms with van der Waals surface area (Å²) in [6, 6.07) is 9.81. The summed E-state index contributed by atoms with van der Waals surface area (Å²) >= 11 is 0. The molecule has 0 spiro atoms. The molecule has 0 saturated carbocycles. The van der Waals surface area contributed by atoms with E-state index in [1.807, 2.05) is 30.3 Å². The molecular formula is C9H8N3Y-. The number of nitrogens with two attached hydrogens (primary N) is 1. The van der Waals surface area contributed by atoms with Gasteiger partial charge in [0, 0.05) is 38.5 Å². The molecule has 0 unspecified atom stereocenters. The van der Waals surface area contributed by atoms with E-state index in [1.165, 1.54) is 0 Å². The Morgan fingerprint density at radius 1 is 1.23 bits per heavy atom. The third-order valence-corrected chi connectivity index (χ3v) is 1.68. The first-order valence-electron chi connectivity index (χ1n) is 3.65. The number of nitrogens with zero attached hydrogens (tertiary/aromatic N) is 1. The number of H-pyrrole nitrogens is 1. The first-order valence-corrected chi connectivity index (χ1v) is 3.65. The number of anilines is 1. The van der Waals surface area contributed by atoms with Crippen molar-refractivity contribution in [2.45, 2.75) is 0 Å². The third-order valence-electron chi connectivity index (χ3n) is 1.68. The van der Waals surface area contributed by atoms with Crippen LogP contribution in [0.4, 0.5) is 5.82 Å². The number of benzene rings is 1. The summed E-state index contributed by atoms with van der Waals surface area (Å²) in [5.41, 5.74) is 7.46. The smallest absolute Gasteiger partial charge is 0.0389 e. The number of nitrogen functional groups attached to an aromatic ring is 1. The Morgan fingerprint density at radius 2 is 1.92 bits per heavy atom. The van der Waals surface area contributed by atoms with Crippen LogP contribution in [0.15, 0.2) is 30.3 Å². The molecule has 0 saturated heterocycles. The molecule has 1 aromatic carbocycles. The van der Waals surface area contributed by atoms with Crippen molar-refractivity contribution in [1.29, 1.82) is 0 Å². The minimum atomic E-state index is 0. The van der Waals surface area contributed by atoms with Crippen LogP contribution in [0, 0.1) is 6.20 Å². The maximum Gasteiger partial charge on any atom is 0.0389 e. The fourth-order valence-corrected chi connectivity index (χ4v) is 1.09. The normalized spacial score (nSPS) is 9.23. The quantitative estimate of drug-likeness (QED) is 0.749. The van der Waals surface area contributed by atoms with Gasteiger partial charge in [-0.15, -0.1) is 23.3 Å². The molecule has 4 heteroatoms. The van der Waals surface area contributed by atoms with Crippen molar-refractivity contribution < 1.29 is 32.7 Å². The monoisotopic (exact) mass is 247 g/mol. The molecular weight excluding hydrogens is 239 g/mol. The molecule has 1 radical (unpaired) electrons. The number of aromatic nitrogens is 2. The van der Waals surface area contributed by atoms with Crippen LogP contribution < -0.4 is 5.73 Å². The number of nitrogens with one attached hydrogen (secondary N) is 1. The van der Waals surface area contributed by atoms with Gasteiger partial charge in [0.25, 0.3) is 0 Å². The summed E-state index contributed by atoms with van der Waals surface area (Å²) in [7, 11) is 0. The van der Waals surface area contributed by atoms with Crippen LogP contribution in [0.1, 0.15) is 0 Å². The Kier molecular flexibility index (Phi) is 3.63. The molecule has 0 amide bonds. The third kappa shape index (κ3) is 2.17. The van der Waals surface area contributed by atoms with Crippen LogP contribution in [0.2, 0.25) is 0 Å². The van der Waals surface area contributed by atoms with E-state index in [0.717, 1.165) is 11.1 Å². The first kappa shape index (κ1) is 10.4. The molecule has 0 atom stereocenters. The summed E-state index contributed by atoms with van der Waals surface area (Å²) in [4.78, 5) is 0. The second-order valence-corrected chi connectivity index (χ2v) is 2.47. The Balaban J connectivity index is 0.000000845. The average Bonchev–Trinajstić information content (AvgIpc) is 2.53. The van der Waals surface area contributed by atoms with E-state index >= 15 is 0 Å². The van der Waals surface area contributed by atoms with Crippen molar-refractivity contribution in [3.8, 4) is 11.1 Å². The number of aromatic amines is 1. The van der Waals surface area contributed by atoms with Gasteiger partial charge in [0.15, 0.2) is 0 Å². The largest absolute Gasteiger partial charge is 0.433 e. The zero-order valence-corrected chi connectivity index (χ0v) is 9.83. The van der Waals surface area contributed by atoms with Crippen molar-refractivity contribution in [1.82, 2.24) is 10.2 Å². The van der Waals surface area contributed by atoms with E-state index < -0.39 is 0 Å². The molecule has 3 N–H and O–H groups in total. The molecule has 1 aromatic heterocycles. The van der Waals surface area contributed by atoms with E-state index in [9.17, 15) is 0 Å². The van der Waals surface area contributed by atoms with Crippen molar-refractivity contribution >= 4 is 5.82 Å². The topological polar surface area (TPSA) is 54.7 Å². The minimum absolute atomic E-state index is 0. The molecule has 0 bridgehead atoms. The fourth-order valence-electron chi connectivity index (χ4n) is 1.09. The van der Waals surface area contributed by atoms with Crippen molar-refractivity contribution in [3.63, 3.8) is 0 Å². The van der Waals surface area contributed by atoms with E-state index in [2.05, 4.69) is 16.4 Å². The predicted molar refractivity (Wildman–Crippen MR) is 47.3 cm³/mol. The van der Waals surface area contributed by atoms with Gasteiger partial charge in [-0.05, 0) is 0 Å². The zero-order valence-electron chi connectivity index (χ0n) is 6.99. The standard InChI is InChI=1S/C9H8N3.Y/c10-9-8(6-11-12-9)7-4-2-1-3-5-7;/h1-5H,(H3,10,11,12);/q-1;. The van der Waals surface area contributed by atoms with Gasteiger partial charge in [-0.2, -0.15) is 0 Å². The van der Waals surface area contributed by atoms with E-state index in [1.54, 1.807) is 0 Å². The van der Waals surface area contributed by atoms with Gasteiger partial charge in [0.1, 0.15) is 0 Å². The number of rotatable bonds is 1. The molecule has 1 heterocycles. The Morgan fingerprint density at radius 3 is 2.46 bits per heavy atom. The van der Waals surface area contributed by atoms with E-state index in [-0.39, 0.29) is 32.7 Å². The van der Waals surface area contributed by atoms with E-state index in [0.29, 0.717) is 5.82 Å². The van der Waals surface area contributed by atoms with Gasteiger partial charge < -0.3 is 10.8 Å². The summed E-state index contributed by atoms with van der Waals surface area (Å²) in [5.74, 6) is 0.487. The Bertz CT molecular complexity index is 369. The molecule has 0 fully saturated rings. The van der Waals surface area contributed by atoms with Crippen molar-refractivity contribution in [3.05, 3.63) is 36.5 Å². The average molecular weight is 247 g/mol. The first-order chi connectivity index (χ1) is 5.88. The molecule has 3 nitrogen and oxygen atoms in total. The predicted octanol–water partition coefficient (Wildman–Crippen LogP) is 1.46. The molecule has 0 aliphatic carbocycles. The van der Waals surface area contributed by atoms with Crippen LogP contribution in [0.25, 0.3) is 11.1 Å². The van der Waals surface area contributed by atoms with Crippen molar-refractivity contribution in [2.75, 3.05) is 5.73 Å². The maximum absolute atomic E-state index is 5.60. The number of hydrogen-bond acceptors (Lipinski definition) is 2. The molecule has 2 rings (SSSR count). The van der Waals surface area contributed by atoms with Gasteiger partial charge in [0.2, 0.25) is 0 Å². The van der Waals surface area contributed by atoms with Crippen LogP contribution in [-0.2, 0) is 32.7 Å². The molecule has 0 aliphatic rings. The summed E-state index contributed by atoms with van der Waals surface area (Å²) < 4.78 is 0. The van der Waals surface area contributed by atoms with Crippen LogP contribution in [0.3, 0.4) is 0 Å². The zero-order chi connectivity index (χ0) is 8.39. The van der Waals surface area contributed by atoms with Gasteiger partial charge in [-0.1, -0.05) is 24.4 Å². The number of hydrogen-bond donors (Lipinski definition) is 2. The SMILES string of the molecule is Nc1n[nH][c-]c1-c1ccccc1.[Y]. The summed E-state index contributed by atoms with van der Waals surface area (Å²) in [6.07, 6.45) is 2.86. The van der Waals surface area contributed by atoms with Gasteiger partial charge in [-0.25, -0.2) is 5.10 Å². The molecule has 2 aromatic rings. The molecule has 0 aliphatic heterocycles. The minimum Gasteiger partial charge on any atom is -0.433 e. The van der Waals surface area contributed by atoms with Gasteiger partial charge in [0.05, 0.1) is 0 Å². The summed E-state index contributed by atoms with van der Waals surface area (Å²) in [5, 5.41) is 6.39. The van der Waals surface area contributed by atoms with Crippen molar-refractivity contribution in [2.24, 2.45) is 0 Å². The Hall–Kier alpha value is -0.666. The Labute approximate surface area is 102 Å². The molecule has 13 heavy (non-hydrogen) atoms. The summed E-state index contributed by atoms with van der Waals surface area (Å²) in [6.45, 7) is 0. The molecule has 63 valence electrons. The van der Waals surface area contributed by atoms with Gasteiger partial charge in [-0.3, -0.25) is 0 Å². The van der Waals surface area contributed by atoms with Crippen LogP contribution in [-0.4, -0.2) is 10.2 Å². The van der Waals surface area contributed by atoms with Crippen LogP contribution in [0.5, 0.6) is 0 Å². The second-order valence-electron chi connectivity index (χ2n) is 2.47. The maximum atomic E-state index is 5.60. The van der Waals surface area contributed by atoms with Crippen LogP contribution >= 0.6 is 0 Å². The van der Waals surface area contributed by atoms with E-state index in [4.69, 9.17) is 5.73 Å². The second kappa shape index (κ2) is 4.54. The van der Waals surface area contributed by atoms with Gasteiger partial charge >= 0.3 is 0 Å². The fraction of sp³-hybridized carbons (Fsp3) is 0.